The lowest BCUT2D eigenvalue weighted by atomic mass is 10.3. The average Bonchev–Trinajstić information content (AvgIpc) is 2.35. The third kappa shape index (κ3) is 4.19. The fraction of sp³-hybridized carbons (Fsp3) is 1.00. The van der Waals surface area contributed by atoms with E-state index in [-0.39, 0.29) is 5.25 Å². The summed E-state index contributed by atoms with van der Waals surface area (Å²) in [4.78, 5) is 2.28. The molecule has 0 bridgehead atoms. The van der Waals surface area contributed by atoms with Gasteiger partial charge in [0.05, 0.1) is 5.25 Å². The van der Waals surface area contributed by atoms with E-state index in [1.165, 1.54) is 0 Å². The zero-order chi connectivity index (χ0) is 13.8. The molecule has 5 nitrogen and oxygen atoms in total. The predicted octanol–water partition coefficient (Wildman–Crippen LogP) is 0.340. The maximum Gasteiger partial charge on any atom is 0.218 e. The normalized spacial score (nSPS) is 21.4. The minimum Gasteiger partial charge on any atom is -0.313 e. The van der Waals surface area contributed by atoms with E-state index in [4.69, 9.17) is 0 Å². The van der Waals surface area contributed by atoms with Gasteiger partial charge in [0.1, 0.15) is 0 Å². The molecule has 0 amide bonds. The molecule has 1 atom stereocenters. The largest absolute Gasteiger partial charge is 0.313 e. The zero-order valence-corrected chi connectivity index (χ0v) is 12.8. The number of piperazine rings is 1. The average molecular weight is 277 g/mol. The van der Waals surface area contributed by atoms with Gasteiger partial charge in [-0.2, -0.15) is 4.31 Å². The molecule has 18 heavy (non-hydrogen) atoms. The molecule has 6 heteroatoms. The lowest BCUT2D eigenvalue weighted by Gasteiger charge is -2.34. The quantitative estimate of drug-likeness (QED) is 0.761. The van der Waals surface area contributed by atoms with Gasteiger partial charge in [0.25, 0.3) is 0 Å². The van der Waals surface area contributed by atoms with Crippen molar-refractivity contribution in [1.29, 1.82) is 0 Å². The van der Waals surface area contributed by atoms with E-state index >= 15 is 0 Å². The number of hydrogen-bond acceptors (Lipinski definition) is 4. The lowest BCUT2D eigenvalue weighted by molar-refractivity contribution is 0.195. The standard InChI is InChI=1S/C12H27N3O2S/c1-5-14-6-8-15(9-7-14)18(16,17)12(4)10-13-11(2)3/h11-13H,5-10H2,1-4H3. The summed E-state index contributed by atoms with van der Waals surface area (Å²) in [5, 5.41) is 2.84. The molecule has 1 heterocycles. The zero-order valence-electron chi connectivity index (χ0n) is 12.0. The van der Waals surface area contributed by atoms with Crippen molar-refractivity contribution in [3.05, 3.63) is 0 Å². The first-order valence-electron chi connectivity index (χ1n) is 6.82. The van der Waals surface area contributed by atoms with E-state index in [9.17, 15) is 8.42 Å². The Morgan fingerprint density at radius 1 is 1.11 bits per heavy atom. The first-order chi connectivity index (χ1) is 8.37. The van der Waals surface area contributed by atoms with Gasteiger partial charge in [-0.25, -0.2) is 8.42 Å². The molecular formula is C12H27N3O2S. The van der Waals surface area contributed by atoms with Crippen LogP contribution in [0.1, 0.15) is 27.7 Å². The summed E-state index contributed by atoms with van der Waals surface area (Å²) < 4.78 is 26.4. The number of likely N-dealkylation sites (N-methyl/N-ethyl adjacent to an activating group) is 1. The minimum atomic E-state index is -3.15. The smallest absolute Gasteiger partial charge is 0.218 e. The third-order valence-corrected chi connectivity index (χ3v) is 5.73. The van der Waals surface area contributed by atoms with Crippen LogP contribution >= 0.6 is 0 Å². The summed E-state index contributed by atoms with van der Waals surface area (Å²) in [5.41, 5.74) is 0. The summed E-state index contributed by atoms with van der Waals surface area (Å²) >= 11 is 0. The predicted molar refractivity (Wildman–Crippen MR) is 75.2 cm³/mol. The first kappa shape index (κ1) is 15.9. The molecule has 0 spiro atoms. The van der Waals surface area contributed by atoms with Crippen molar-refractivity contribution in [3.8, 4) is 0 Å². The highest BCUT2D eigenvalue weighted by molar-refractivity contribution is 7.89. The molecule has 108 valence electrons. The van der Waals surface area contributed by atoms with Crippen LogP contribution in [0.4, 0.5) is 0 Å². The second-order valence-corrected chi connectivity index (χ2v) is 7.60. The van der Waals surface area contributed by atoms with Crippen molar-refractivity contribution in [2.45, 2.75) is 39.0 Å². The fourth-order valence-electron chi connectivity index (χ4n) is 2.06. The molecule has 0 aromatic heterocycles. The van der Waals surface area contributed by atoms with Crippen LogP contribution in [0, 0.1) is 0 Å². The van der Waals surface area contributed by atoms with Crippen molar-refractivity contribution in [3.63, 3.8) is 0 Å². The molecule has 1 aliphatic rings. The van der Waals surface area contributed by atoms with E-state index in [2.05, 4.69) is 17.1 Å². The fourth-order valence-corrected chi connectivity index (χ4v) is 3.55. The molecule has 1 rings (SSSR count). The van der Waals surface area contributed by atoms with E-state index in [0.29, 0.717) is 25.7 Å². The molecule has 0 aromatic rings. The van der Waals surface area contributed by atoms with E-state index in [1.807, 2.05) is 13.8 Å². The summed E-state index contributed by atoms with van der Waals surface area (Å²) in [6.45, 7) is 12.4. The molecule has 0 radical (unpaired) electrons. The summed E-state index contributed by atoms with van der Waals surface area (Å²) in [6, 6.07) is 0.319. The highest BCUT2D eigenvalue weighted by atomic mass is 32.2. The molecule has 1 N–H and O–H groups in total. The van der Waals surface area contributed by atoms with Gasteiger partial charge in [-0.3, -0.25) is 0 Å². The van der Waals surface area contributed by atoms with Crippen LogP contribution in [-0.4, -0.2) is 68.2 Å². The molecule has 0 saturated carbocycles. The van der Waals surface area contributed by atoms with Gasteiger partial charge in [-0.15, -0.1) is 0 Å². The molecule has 1 fully saturated rings. The molecule has 0 aromatic carbocycles. The van der Waals surface area contributed by atoms with Crippen LogP contribution in [0.25, 0.3) is 0 Å². The van der Waals surface area contributed by atoms with Gasteiger partial charge < -0.3 is 10.2 Å². The van der Waals surface area contributed by atoms with Crippen LogP contribution in [0.2, 0.25) is 0 Å². The SMILES string of the molecule is CCN1CCN(S(=O)(=O)C(C)CNC(C)C)CC1. The molecular weight excluding hydrogens is 250 g/mol. The third-order valence-electron chi connectivity index (χ3n) is 3.46. The molecule has 1 aliphatic heterocycles. The summed E-state index contributed by atoms with van der Waals surface area (Å²) in [6.07, 6.45) is 0. The minimum absolute atomic E-state index is 0.319. The van der Waals surface area contributed by atoms with Gasteiger partial charge in [0, 0.05) is 38.8 Å². The van der Waals surface area contributed by atoms with Crippen molar-refractivity contribution < 1.29 is 8.42 Å². The van der Waals surface area contributed by atoms with Gasteiger partial charge in [0.15, 0.2) is 0 Å². The lowest BCUT2D eigenvalue weighted by Crippen LogP contribution is -2.52. The number of hydrogen-bond donors (Lipinski definition) is 1. The van der Waals surface area contributed by atoms with Crippen molar-refractivity contribution >= 4 is 10.0 Å². The summed E-state index contributed by atoms with van der Waals surface area (Å²) in [5.74, 6) is 0. The second kappa shape index (κ2) is 6.84. The van der Waals surface area contributed by atoms with Gasteiger partial charge in [-0.1, -0.05) is 20.8 Å². The Morgan fingerprint density at radius 3 is 2.11 bits per heavy atom. The van der Waals surface area contributed by atoms with E-state index < -0.39 is 10.0 Å². The van der Waals surface area contributed by atoms with Crippen LogP contribution in [0.5, 0.6) is 0 Å². The second-order valence-electron chi connectivity index (χ2n) is 5.25. The van der Waals surface area contributed by atoms with Crippen molar-refractivity contribution in [2.75, 3.05) is 39.3 Å². The van der Waals surface area contributed by atoms with Crippen LogP contribution in [0.3, 0.4) is 0 Å². The van der Waals surface area contributed by atoms with Gasteiger partial charge >= 0.3 is 0 Å². The Hall–Kier alpha value is -0.170. The van der Waals surface area contributed by atoms with Crippen LogP contribution in [0.15, 0.2) is 0 Å². The highest BCUT2D eigenvalue weighted by Gasteiger charge is 2.30. The van der Waals surface area contributed by atoms with Gasteiger partial charge in [0.2, 0.25) is 10.0 Å². The topological polar surface area (TPSA) is 52.7 Å². The number of rotatable bonds is 6. The maximum atomic E-state index is 12.4. The van der Waals surface area contributed by atoms with Crippen molar-refractivity contribution in [1.82, 2.24) is 14.5 Å². The Bertz CT molecular complexity index is 335. The first-order valence-corrected chi connectivity index (χ1v) is 8.33. The molecule has 0 aliphatic carbocycles. The Morgan fingerprint density at radius 2 is 1.67 bits per heavy atom. The number of sulfonamides is 1. The van der Waals surface area contributed by atoms with Crippen LogP contribution < -0.4 is 5.32 Å². The van der Waals surface area contributed by atoms with Crippen LogP contribution in [-0.2, 0) is 10.0 Å². The monoisotopic (exact) mass is 277 g/mol. The van der Waals surface area contributed by atoms with E-state index in [1.54, 1.807) is 11.2 Å². The maximum absolute atomic E-state index is 12.4. The Balaban J connectivity index is 2.53. The Labute approximate surface area is 112 Å². The molecule has 1 unspecified atom stereocenters. The number of nitrogens with zero attached hydrogens (tertiary/aromatic N) is 2. The number of nitrogens with one attached hydrogen (secondary N) is 1. The Kier molecular flexibility index (Phi) is 6.04. The van der Waals surface area contributed by atoms with E-state index in [0.717, 1.165) is 19.6 Å². The highest BCUT2D eigenvalue weighted by Crippen LogP contribution is 2.12. The summed E-state index contributed by atoms with van der Waals surface area (Å²) in [7, 11) is -3.15. The van der Waals surface area contributed by atoms with Gasteiger partial charge in [-0.05, 0) is 13.5 Å². The van der Waals surface area contributed by atoms with Crippen molar-refractivity contribution in [2.24, 2.45) is 0 Å². The molecule has 1 saturated heterocycles.